The Hall–Kier alpha value is -2.42. The molecule has 3 nitrogen and oxygen atoms in total. The van der Waals surface area contributed by atoms with Crippen molar-refractivity contribution in [3.05, 3.63) is 64.1 Å². The van der Waals surface area contributed by atoms with Gasteiger partial charge >= 0.3 is 0 Å². The molecule has 0 aliphatic carbocycles. The number of pyridine rings is 2. The lowest BCUT2D eigenvalue weighted by atomic mass is 10.0. The lowest BCUT2D eigenvalue weighted by Crippen LogP contribution is -2.20. The largest absolute Gasteiger partial charge is 0.293 e. The zero-order valence-corrected chi connectivity index (χ0v) is 12.6. The summed E-state index contributed by atoms with van der Waals surface area (Å²) < 4.78 is 1.72. The quantitative estimate of drug-likeness (QED) is 0.716. The molecule has 0 bridgehead atoms. The van der Waals surface area contributed by atoms with Gasteiger partial charge in [-0.25, -0.2) is 4.98 Å². The normalized spacial score (nSPS) is 11.0. The van der Waals surface area contributed by atoms with Crippen molar-refractivity contribution in [1.29, 1.82) is 0 Å². The number of aryl methyl sites for hydroxylation is 3. The maximum Gasteiger partial charge on any atom is 0.252 e. The standard InChI is InChI=1S/C18H18N2O/c1-4-20-17(21)11-16(14-7-5-6-12(2)10-14)15-9-8-13(3)19-18(15)20/h5-11H,4H2,1-3H3. The Bertz CT molecular complexity index is 878. The van der Waals surface area contributed by atoms with Crippen LogP contribution in [0, 0.1) is 13.8 Å². The highest BCUT2D eigenvalue weighted by Gasteiger charge is 2.11. The van der Waals surface area contributed by atoms with Gasteiger partial charge in [0, 0.05) is 23.7 Å². The van der Waals surface area contributed by atoms with Crippen LogP contribution >= 0.6 is 0 Å². The second-order valence-electron chi connectivity index (χ2n) is 5.33. The van der Waals surface area contributed by atoms with Crippen molar-refractivity contribution in [2.75, 3.05) is 0 Å². The van der Waals surface area contributed by atoms with Crippen LogP contribution in [0.3, 0.4) is 0 Å². The lowest BCUT2D eigenvalue weighted by Gasteiger charge is -2.12. The summed E-state index contributed by atoms with van der Waals surface area (Å²) in [4.78, 5) is 17.0. The summed E-state index contributed by atoms with van der Waals surface area (Å²) in [5.41, 5.74) is 4.88. The van der Waals surface area contributed by atoms with E-state index in [0.29, 0.717) is 6.54 Å². The summed E-state index contributed by atoms with van der Waals surface area (Å²) in [7, 11) is 0. The molecule has 0 atom stereocenters. The molecule has 3 rings (SSSR count). The fourth-order valence-corrected chi connectivity index (χ4v) is 2.70. The number of hydrogen-bond acceptors (Lipinski definition) is 2. The molecule has 0 saturated carbocycles. The van der Waals surface area contributed by atoms with Crippen molar-refractivity contribution in [3.63, 3.8) is 0 Å². The Morgan fingerprint density at radius 2 is 1.90 bits per heavy atom. The molecule has 0 radical (unpaired) electrons. The first-order chi connectivity index (χ1) is 10.1. The molecule has 0 saturated heterocycles. The molecule has 3 heteroatoms. The van der Waals surface area contributed by atoms with E-state index in [1.54, 1.807) is 10.6 Å². The predicted octanol–water partition coefficient (Wildman–Crippen LogP) is 3.70. The average molecular weight is 278 g/mol. The third-order valence-corrected chi connectivity index (χ3v) is 3.74. The zero-order valence-electron chi connectivity index (χ0n) is 12.6. The van der Waals surface area contributed by atoms with Gasteiger partial charge < -0.3 is 0 Å². The van der Waals surface area contributed by atoms with Crippen molar-refractivity contribution in [2.45, 2.75) is 27.3 Å². The number of fused-ring (bicyclic) bond motifs is 1. The number of hydrogen-bond donors (Lipinski definition) is 0. The Labute approximate surface area is 123 Å². The van der Waals surface area contributed by atoms with E-state index in [2.05, 4.69) is 30.1 Å². The minimum absolute atomic E-state index is 0.000365. The monoisotopic (exact) mass is 278 g/mol. The Morgan fingerprint density at radius 3 is 2.62 bits per heavy atom. The van der Waals surface area contributed by atoms with E-state index in [4.69, 9.17) is 0 Å². The fraction of sp³-hybridized carbons (Fsp3) is 0.222. The van der Waals surface area contributed by atoms with Gasteiger partial charge in [0.25, 0.3) is 5.56 Å². The van der Waals surface area contributed by atoms with E-state index < -0.39 is 0 Å². The molecule has 0 amide bonds. The summed E-state index contributed by atoms with van der Waals surface area (Å²) in [6.07, 6.45) is 0. The Kier molecular flexibility index (Phi) is 3.34. The van der Waals surface area contributed by atoms with Gasteiger partial charge in [-0.2, -0.15) is 0 Å². The SMILES string of the molecule is CCn1c(=O)cc(-c2cccc(C)c2)c2ccc(C)nc21. The van der Waals surface area contributed by atoms with Crippen molar-refractivity contribution >= 4 is 11.0 Å². The minimum Gasteiger partial charge on any atom is -0.293 e. The lowest BCUT2D eigenvalue weighted by molar-refractivity contribution is 0.749. The molecular weight excluding hydrogens is 260 g/mol. The predicted molar refractivity (Wildman–Crippen MR) is 86.6 cm³/mol. The van der Waals surface area contributed by atoms with Crippen LogP contribution in [0.5, 0.6) is 0 Å². The second-order valence-corrected chi connectivity index (χ2v) is 5.33. The first kappa shape index (κ1) is 13.6. The van der Waals surface area contributed by atoms with E-state index in [1.807, 2.05) is 32.0 Å². The topological polar surface area (TPSA) is 34.9 Å². The van der Waals surface area contributed by atoms with Crippen LogP contribution in [0.2, 0.25) is 0 Å². The van der Waals surface area contributed by atoms with Gasteiger partial charge in [-0.15, -0.1) is 0 Å². The molecule has 0 fully saturated rings. The molecular formula is C18H18N2O. The van der Waals surface area contributed by atoms with E-state index in [9.17, 15) is 4.79 Å². The molecule has 0 unspecified atom stereocenters. The van der Waals surface area contributed by atoms with Crippen LogP contribution in [-0.4, -0.2) is 9.55 Å². The van der Waals surface area contributed by atoms with Crippen molar-refractivity contribution in [1.82, 2.24) is 9.55 Å². The second kappa shape index (κ2) is 5.17. The van der Waals surface area contributed by atoms with Gasteiger partial charge in [-0.3, -0.25) is 9.36 Å². The first-order valence-electron chi connectivity index (χ1n) is 7.18. The van der Waals surface area contributed by atoms with E-state index in [0.717, 1.165) is 27.9 Å². The molecule has 0 aliphatic rings. The third-order valence-electron chi connectivity index (χ3n) is 3.74. The van der Waals surface area contributed by atoms with Gasteiger partial charge in [0.15, 0.2) is 0 Å². The molecule has 0 N–H and O–H groups in total. The van der Waals surface area contributed by atoms with Crippen LogP contribution in [0.15, 0.2) is 47.3 Å². The van der Waals surface area contributed by atoms with Crippen molar-refractivity contribution < 1.29 is 0 Å². The molecule has 0 spiro atoms. The van der Waals surface area contributed by atoms with E-state index >= 15 is 0 Å². The highest BCUT2D eigenvalue weighted by molar-refractivity contribution is 5.92. The fourth-order valence-electron chi connectivity index (χ4n) is 2.70. The molecule has 2 aromatic heterocycles. The van der Waals surface area contributed by atoms with Gasteiger partial charge in [0.2, 0.25) is 0 Å². The molecule has 1 aromatic carbocycles. The van der Waals surface area contributed by atoms with Crippen LogP contribution in [-0.2, 0) is 6.54 Å². The molecule has 2 heterocycles. The smallest absolute Gasteiger partial charge is 0.252 e. The molecule has 0 aliphatic heterocycles. The summed E-state index contributed by atoms with van der Waals surface area (Å²) in [6, 6.07) is 14.0. The summed E-state index contributed by atoms with van der Waals surface area (Å²) in [5.74, 6) is 0. The van der Waals surface area contributed by atoms with Crippen LogP contribution in [0.4, 0.5) is 0 Å². The Morgan fingerprint density at radius 1 is 1.10 bits per heavy atom. The minimum atomic E-state index is -0.000365. The molecule has 106 valence electrons. The first-order valence-corrected chi connectivity index (χ1v) is 7.18. The van der Waals surface area contributed by atoms with Gasteiger partial charge in [-0.1, -0.05) is 29.8 Å². The average Bonchev–Trinajstić information content (AvgIpc) is 2.46. The van der Waals surface area contributed by atoms with E-state index in [1.165, 1.54) is 5.56 Å². The number of aromatic nitrogens is 2. The van der Waals surface area contributed by atoms with Crippen molar-refractivity contribution in [3.8, 4) is 11.1 Å². The van der Waals surface area contributed by atoms with Crippen LogP contribution in [0.1, 0.15) is 18.2 Å². The van der Waals surface area contributed by atoms with Crippen LogP contribution in [0.25, 0.3) is 22.2 Å². The van der Waals surface area contributed by atoms with Gasteiger partial charge in [-0.05, 0) is 44.0 Å². The zero-order chi connectivity index (χ0) is 15.0. The highest BCUT2D eigenvalue weighted by atomic mass is 16.1. The van der Waals surface area contributed by atoms with Gasteiger partial charge in [0.05, 0.1) is 0 Å². The number of benzene rings is 1. The number of nitrogens with zero attached hydrogens (tertiary/aromatic N) is 2. The highest BCUT2D eigenvalue weighted by Crippen LogP contribution is 2.27. The molecule has 3 aromatic rings. The Balaban J connectivity index is 2.42. The van der Waals surface area contributed by atoms with Gasteiger partial charge in [0.1, 0.15) is 5.65 Å². The number of rotatable bonds is 2. The summed E-state index contributed by atoms with van der Waals surface area (Å²) >= 11 is 0. The summed E-state index contributed by atoms with van der Waals surface area (Å²) in [5, 5.41) is 1.02. The molecule has 21 heavy (non-hydrogen) atoms. The maximum absolute atomic E-state index is 12.4. The van der Waals surface area contributed by atoms with E-state index in [-0.39, 0.29) is 5.56 Å². The van der Waals surface area contributed by atoms with Crippen molar-refractivity contribution in [2.24, 2.45) is 0 Å². The van der Waals surface area contributed by atoms with Crippen LogP contribution < -0.4 is 5.56 Å². The summed E-state index contributed by atoms with van der Waals surface area (Å²) in [6.45, 7) is 6.60. The third kappa shape index (κ3) is 2.35. The maximum atomic E-state index is 12.4.